The summed E-state index contributed by atoms with van der Waals surface area (Å²) in [7, 11) is 0. The van der Waals surface area contributed by atoms with Crippen LogP contribution in [-0.4, -0.2) is 41.6 Å². The number of hydrogen-bond acceptors (Lipinski definition) is 5. The predicted molar refractivity (Wildman–Crippen MR) is 80.1 cm³/mol. The van der Waals surface area contributed by atoms with E-state index in [1.165, 1.54) is 0 Å². The molecular formula is C16H17NO4S. The first-order chi connectivity index (χ1) is 10.6. The van der Waals surface area contributed by atoms with Gasteiger partial charge in [0.25, 0.3) is 0 Å². The van der Waals surface area contributed by atoms with Gasteiger partial charge < -0.3 is 14.4 Å². The van der Waals surface area contributed by atoms with Gasteiger partial charge in [-0.1, -0.05) is 18.2 Å². The molecule has 0 unspecified atom stereocenters. The molecular weight excluding hydrogens is 302 g/mol. The molecule has 0 aromatic carbocycles. The summed E-state index contributed by atoms with van der Waals surface area (Å²) in [5, 5.41) is 2.00. The molecule has 1 spiro atoms. The van der Waals surface area contributed by atoms with Crippen molar-refractivity contribution >= 4 is 23.2 Å². The maximum absolute atomic E-state index is 12.8. The average Bonchev–Trinajstić information content (AvgIpc) is 3.23. The van der Waals surface area contributed by atoms with E-state index in [4.69, 9.17) is 9.47 Å². The summed E-state index contributed by atoms with van der Waals surface area (Å²) in [5.41, 5.74) is -0.642. The van der Waals surface area contributed by atoms with Crippen molar-refractivity contribution in [2.45, 2.75) is 25.2 Å². The Morgan fingerprint density at radius 3 is 3.18 bits per heavy atom. The third-order valence-corrected chi connectivity index (χ3v) is 5.53. The molecule has 1 aromatic heterocycles. The van der Waals surface area contributed by atoms with E-state index in [1.807, 2.05) is 29.7 Å². The molecule has 116 valence electrons. The fourth-order valence-corrected chi connectivity index (χ4v) is 4.53. The highest BCUT2D eigenvalue weighted by molar-refractivity contribution is 7.09. The molecule has 4 rings (SSSR count). The minimum Gasteiger partial charge on any atom is -0.466 e. The molecule has 0 radical (unpaired) electrons. The van der Waals surface area contributed by atoms with Gasteiger partial charge in [0.2, 0.25) is 5.91 Å². The Hall–Kier alpha value is -1.66. The highest BCUT2D eigenvalue weighted by atomic mass is 32.1. The molecule has 4 atom stereocenters. The number of likely N-dealkylation sites (tertiary alicyclic amines) is 1. The van der Waals surface area contributed by atoms with Crippen LogP contribution in [0.4, 0.5) is 0 Å². The van der Waals surface area contributed by atoms with Gasteiger partial charge in [-0.05, 0) is 18.4 Å². The maximum atomic E-state index is 12.8. The van der Waals surface area contributed by atoms with Crippen molar-refractivity contribution in [2.24, 2.45) is 11.8 Å². The van der Waals surface area contributed by atoms with E-state index >= 15 is 0 Å². The smallest absolute Gasteiger partial charge is 0.312 e. The van der Waals surface area contributed by atoms with Crippen LogP contribution >= 0.6 is 11.3 Å². The molecule has 1 amide bonds. The van der Waals surface area contributed by atoms with Gasteiger partial charge in [-0.2, -0.15) is 0 Å². The summed E-state index contributed by atoms with van der Waals surface area (Å²) in [6.45, 7) is 3.18. The Kier molecular flexibility index (Phi) is 3.13. The van der Waals surface area contributed by atoms with E-state index in [-0.39, 0.29) is 18.0 Å². The quantitative estimate of drug-likeness (QED) is 0.625. The van der Waals surface area contributed by atoms with Crippen LogP contribution in [-0.2, 0) is 25.6 Å². The van der Waals surface area contributed by atoms with Crippen molar-refractivity contribution in [1.29, 1.82) is 0 Å². The number of thiophene rings is 1. The Bertz CT molecular complexity index is 641. The lowest BCUT2D eigenvalue weighted by Gasteiger charge is -2.22. The molecule has 0 saturated carbocycles. The highest BCUT2D eigenvalue weighted by Gasteiger charge is 2.67. The molecule has 2 bridgehead atoms. The predicted octanol–water partition coefficient (Wildman–Crippen LogP) is 1.59. The van der Waals surface area contributed by atoms with Gasteiger partial charge in [-0.15, -0.1) is 11.3 Å². The molecule has 2 fully saturated rings. The van der Waals surface area contributed by atoms with Crippen LogP contribution in [0.2, 0.25) is 0 Å². The molecule has 2 saturated heterocycles. The number of fused-ring (bicyclic) bond motifs is 1. The van der Waals surface area contributed by atoms with Gasteiger partial charge in [0.1, 0.15) is 11.5 Å². The number of carbonyl (C=O) groups is 2. The summed E-state index contributed by atoms with van der Waals surface area (Å²) < 4.78 is 11.2. The Balaban J connectivity index is 1.61. The molecule has 0 N–H and O–H groups in total. The van der Waals surface area contributed by atoms with Crippen molar-refractivity contribution in [1.82, 2.24) is 4.90 Å². The van der Waals surface area contributed by atoms with Gasteiger partial charge in [0.05, 0.1) is 31.7 Å². The lowest BCUT2D eigenvalue weighted by Crippen LogP contribution is -2.39. The zero-order chi connectivity index (χ0) is 15.3. The Morgan fingerprint density at radius 2 is 2.45 bits per heavy atom. The normalized spacial score (nSPS) is 35.2. The van der Waals surface area contributed by atoms with E-state index in [1.54, 1.807) is 23.2 Å². The number of ether oxygens (including phenoxy) is 2. The zero-order valence-electron chi connectivity index (χ0n) is 12.2. The summed E-state index contributed by atoms with van der Waals surface area (Å²) in [6.07, 6.45) is 3.54. The third-order valence-electron chi connectivity index (χ3n) is 4.66. The second-order valence-corrected chi connectivity index (χ2v) is 6.96. The van der Waals surface area contributed by atoms with Crippen LogP contribution in [0.3, 0.4) is 0 Å². The first-order valence-electron chi connectivity index (χ1n) is 7.49. The van der Waals surface area contributed by atoms with Crippen molar-refractivity contribution < 1.29 is 19.1 Å². The van der Waals surface area contributed by atoms with Gasteiger partial charge in [-0.3, -0.25) is 9.59 Å². The summed E-state index contributed by atoms with van der Waals surface area (Å²) >= 11 is 1.63. The van der Waals surface area contributed by atoms with E-state index < -0.39 is 17.4 Å². The zero-order valence-corrected chi connectivity index (χ0v) is 13.0. The van der Waals surface area contributed by atoms with E-state index in [0.29, 0.717) is 19.7 Å². The summed E-state index contributed by atoms with van der Waals surface area (Å²) in [6, 6.07) is 3.99. The molecule has 22 heavy (non-hydrogen) atoms. The van der Waals surface area contributed by atoms with Gasteiger partial charge in [0.15, 0.2) is 0 Å². The van der Waals surface area contributed by atoms with Gasteiger partial charge in [-0.25, -0.2) is 0 Å². The van der Waals surface area contributed by atoms with Crippen LogP contribution in [0.25, 0.3) is 0 Å². The SMILES string of the molecule is CCOC(=O)[C@H]1[C@H]2C(=O)N(Cc3cccs3)C[C@]23C=C[C@H]1O3. The topological polar surface area (TPSA) is 55.8 Å². The minimum atomic E-state index is -0.642. The average molecular weight is 319 g/mol. The van der Waals surface area contributed by atoms with Crippen molar-refractivity contribution in [3.8, 4) is 0 Å². The summed E-state index contributed by atoms with van der Waals surface area (Å²) in [4.78, 5) is 28.0. The Morgan fingerprint density at radius 1 is 1.59 bits per heavy atom. The van der Waals surface area contributed by atoms with Crippen molar-refractivity contribution in [3.63, 3.8) is 0 Å². The lowest BCUT2D eigenvalue weighted by molar-refractivity contribution is -0.153. The van der Waals surface area contributed by atoms with E-state index in [0.717, 1.165) is 4.88 Å². The molecule has 0 aliphatic carbocycles. The van der Waals surface area contributed by atoms with Crippen LogP contribution in [0.5, 0.6) is 0 Å². The summed E-state index contributed by atoms with van der Waals surface area (Å²) in [5.74, 6) is -1.28. The number of amides is 1. The molecule has 5 nitrogen and oxygen atoms in total. The molecule has 4 heterocycles. The first-order valence-corrected chi connectivity index (χ1v) is 8.37. The first kappa shape index (κ1) is 14.0. The molecule has 1 aromatic rings. The second kappa shape index (κ2) is 4.93. The number of carbonyl (C=O) groups excluding carboxylic acids is 2. The van der Waals surface area contributed by atoms with E-state index in [9.17, 15) is 9.59 Å². The van der Waals surface area contributed by atoms with Crippen LogP contribution in [0.1, 0.15) is 11.8 Å². The monoisotopic (exact) mass is 319 g/mol. The fraction of sp³-hybridized carbons (Fsp3) is 0.500. The maximum Gasteiger partial charge on any atom is 0.312 e. The van der Waals surface area contributed by atoms with Crippen molar-refractivity contribution in [2.75, 3.05) is 13.2 Å². The number of hydrogen-bond donors (Lipinski definition) is 0. The van der Waals surface area contributed by atoms with Crippen LogP contribution in [0.15, 0.2) is 29.7 Å². The third kappa shape index (κ3) is 1.87. The lowest BCUT2D eigenvalue weighted by atomic mass is 9.77. The molecule has 3 aliphatic heterocycles. The number of esters is 1. The molecule has 3 aliphatic rings. The van der Waals surface area contributed by atoms with Crippen LogP contribution < -0.4 is 0 Å². The Labute approximate surface area is 132 Å². The molecule has 6 heteroatoms. The minimum absolute atomic E-state index is 0.00157. The highest BCUT2D eigenvalue weighted by Crippen LogP contribution is 2.52. The second-order valence-electron chi connectivity index (χ2n) is 5.93. The number of rotatable bonds is 4. The fourth-order valence-electron chi connectivity index (χ4n) is 3.81. The van der Waals surface area contributed by atoms with Gasteiger partial charge in [0, 0.05) is 4.88 Å². The van der Waals surface area contributed by atoms with Crippen LogP contribution in [0, 0.1) is 11.8 Å². The standard InChI is InChI=1S/C16H17NO4S/c1-2-20-15(19)12-11-5-6-16(21-11)9-17(14(18)13(12)16)8-10-4-3-7-22-10/h3-7,11-13H,2,8-9H2,1H3/t11-,12-,13+,16-/m1/s1. The largest absolute Gasteiger partial charge is 0.466 e. The van der Waals surface area contributed by atoms with E-state index in [2.05, 4.69) is 0 Å². The number of nitrogens with zero attached hydrogens (tertiary/aromatic N) is 1. The van der Waals surface area contributed by atoms with Gasteiger partial charge >= 0.3 is 5.97 Å². The van der Waals surface area contributed by atoms with Crippen molar-refractivity contribution in [3.05, 3.63) is 34.5 Å².